The molecule has 1 aromatic carbocycles. The Kier molecular flexibility index (Phi) is 3.91. The van der Waals surface area contributed by atoms with Gasteiger partial charge in [0.1, 0.15) is 5.75 Å². The van der Waals surface area contributed by atoms with Gasteiger partial charge in [-0.05, 0) is 17.7 Å². The van der Waals surface area contributed by atoms with Crippen LogP contribution in [-0.2, 0) is 24.2 Å². The number of carbonyl (C=O) groups is 1. The molecule has 0 atom stereocenters. The molecular formula is C16H17N3O3. The highest BCUT2D eigenvalue weighted by molar-refractivity contribution is 5.79. The number of amides is 1. The lowest BCUT2D eigenvalue weighted by atomic mass is 10.1. The molecule has 22 heavy (non-hydrogen) atoms. The Labute approximate surface area is 127 Å². The number of nitrogens with zero attached hydrogens (tertiary/aromatic N) is 2. The molecule has 6 heteroatoms. The number of aromatic nitrogens is 2. The Morgan fingerprint density at radius 1 is 1.36 bits per heavy atom. The van der Waals surface area contributed by atoms with E-state index in [1.165, 1.54) is 6.33 Å². The second-order valence-corrected chi connectivity index (χ2v) is 5.25. The third kappa shape index (κ3) is 2.86. The summed E-state index contributed by atoms with van der Waals surface area (Å²) < 4.78 is 5.10. The molecule has 1 aromatic heterocycles. The first-order valence-corrected chi connectivity index (χ1v) is 7.13. The zero-order valence-corrected chi connectivity index (χ0v) is 12.3. The van der Waals surface area contributed by atoms with Gasteiger partial charge in [0.05, 0.1) is 37.7 Å². The molecule has 3 rings (SSSR count). The molecule has 0 radical (unpaired) electrons. The maximum absolute atomic E-state index is 12.4. The number of ether oxygens (including phenoxy) is 1. The SMILES string of the molecule is COc1ccc(CC(=O)N2CCc3nc[nH]c(=O)c3C2)cc1. The van der Waals surface area contributed by atoms with Crippen molar-refractivity contribution in [2.24, 2.45) is 0 Å². The molecule has 0 saturated heterocycles. The van der Waals surface area contributed by atoms with Crippen LogP contribution in [0.2, 0.25) is 0 Å². The van der Waals surface area contributed by atoms with Gasteiger partial charge in [-0.25, -0.2) is 4.98 Å². The minimum atomic E-state index is -0.160. The van der Waals surface area contributed by atoms with Crippen LogP contribution in [0.15, 0.2) is 35.4 Å². The molecule has 0 spiro atoms. The van der Waals surface area contributed by atoms with Crippen LogP contribution in [-0.4, -0.2) is 34.4 Å². The first-order valence-electron chi connectivity index (χ1n) is 7.13. The maximum Gasteiger partial charge on any atom is 0.255 e. The first kappa shape index (κ1) is 14.3. The molecular weight excluding hydrogens is 282 g/mol. The maximum atomic E-state index is 12.4. The summed E-state index contributed by atoms with van der Waals surface area (Å²) in [4.78, 5) is 32.7. The molecule has 2 heterocycles. The third-order valence-corrected chi connectivity index (χ3v) is 3.87. The largest absolute Gasteiger partial charge is 0.497 e. The molecule has 1 aliphatic rings. The quantitative estimate of drug-likeness (QED) is 0.914. The van der Waals surface area contributed by atoms with E-state index in [1.54, 1.807) is 12.0 Å². The van der Waals surface area contributed by atoms with Crippen molar-refractivity contribution in [3.63, 3.8) is 0 Å². The first-order chi connectivity index (χ1) is 10.7. The van der Waals surface area contributed by atoms with Gasteiger partial charge < -0.3 is 14.6 Å². The summed E-state index contributed by atoms with van der Waals surface area (Å²) in [6.45, 7) is 0.923. The minimum absolute atomic E-state index is 0.0130. The summed E-state index contributed by atoms with van der Waals surface area (Å²) in [5, 5.41) is 0. The Morgan fingerprint density at radius 3 is 2.86 bits per heavy atom. The van der Waals surface area contributed by atoms with Crippen LogP contribution in [0.4, 0.5) is 0 Å². The molecule has 0 bridgehead atoms. The van der Waals surface area contributed by atoms with E-state index in [4.69, 9.17) is 4.74 Å². The Hall–Kier alpha value is -2.63. The fraction of sp³-hybridized carbons (Fsp3) is 0.312. The Morgan fingerprint density at radius 2 is 2.14 bits per heavy atom. The van der Waals surface area contributed by atoms with E-state index >= 15 is 0 Å². The number of fused-ring (bicyclic) bond motifs is 1. The highest BCUT2D eigenvalue weighted by Crippen LogP contribution is 2.16. The normalized spacial score (nSPS) is 13.6. The fourth-order valence-electron chi connectivity index (χ4n) is 2.60. The van der Waals surface area contributed by atoms with Gasteiger partial charge in [-0.15, -0.1) is 0 Å². The van der Waals surface area contributed by atoms with Gasteiger partial charge in [-0.2, -0.15) is 0 Å². The van der Waals surface area contributed by atoms with E-state index in [1.807, 2.05) is 24.3 Å². The highest BCUT2D eigenvalue weighted by atomic mass is 16.5. The molecule has 0 fully saturated rings. The standard InChI is InChI=1S/C16H17N3O3/c1-22-12-4-2-11(3-5-12)8-15(20)19-7-6-14-13(9-19)16(21)18-10-17-14/h2-5,10H,6-9H2,1H3,(H,17,18,21). The third-order valence-electron chi connectivity index (χ3n) is 3.87. The van der Waals surface area contributed by atoms with Gasteiger partial charge in [-0.1, -0.05) is 12.1 Å². The van der Waals surface area contributed by atoms with Crippen molar-refractivity contribution >= 4 is 5.91 Å². The fourth-order valence-corrected chi connectivity index (χ4v) is 2.60. The summed E-state index contributed by atoms with van der Waals surface area (Å²) in [6.07, 6.45) is 2.35. The lowest BCUT2D eigenvalue weighted by molar-refractivity contribution is -0.131. The average Bonchev–Trinajstić information content (AvgIpc) is 2.55. The molecule has 114 valence electrons. The second kappa shape index (κ2) is 6.01. The van der Waals surface area contributed by atoms with Crippen LogP contribution >= 0.6 is 0 Å². The van der Waals surface area contributed by atoms with Gasteiger partial charge in [0.25, 0.3) is 5.56 Å². The molecule has 0 aliphatic carbocycles. The van der Waals surface area contributed by atoms with Crippen LogP contribution < -0.4 is 10.3 Å². The lowest BCUT2D eigenvalue weighted by Crippen LogP contribution is -2.40. The molecule has 6 nitrogen and oxygen atoms in total. The van der Waals surface area contributed by atoms with E-state index < -0.39 is 0 Å². The van der Waals surface area contributed by atoms with Crippen molar-refractivity contribution in [2.75, 3.05) is 13.7 Å². The minimum Gasteiger partial charge on any atom is -0.497 e. The summed E-state index contributed by atoms with van der Waals surface area (Å²) in [6, 6.07) is 7.43. The summed E-state index contributed by atoms with van der Waals surface area (Å²) >= 11 is 0. The van der Waals surface area contributed by atoms with Crippen molar-refractivity contribution in [3.05, 3.63) is 57.8 Å². The number of aromatic amines is 1. The number of hydrogen-bond donors (Lipinski definition) is 1. The van der Waals surface area contributed by atoms with E-state index in [-0.39, 0.29) is 11.5 Å². The van der Waals surface area contributed by atoms with Crippen LogP contribution in [0, 0.1) is 0 Å². The van der Waals surface area contributed by atoms with Crippen molar-refractivity contribution in [1.82, 2.24) is 14.9 Å². The number of benzene rings is 1. The molecule has 0 saturated carbocycles. The highest BCUT2D eigenvalue weighted by Gasteiger charge is 2.23. The number of hydrogen-bond acceptors (Lipinski definition) is 4. The number of carbonyl (C=O) groups excluding carboxylic acids is 1. The van der Waals surface area contributed by atoms with Crippen LogP contribution in [0.1, 0.15) is 16.8 Å². The van der Waals surface area contributed by atoms with Crippen molar-refractivity contribution < 1.29 is 9.53 Å². The number of nitrogens with one attached hydrogen (secondary N) is 1. The molecule has 0 unspecified atom stereocenters. The van der Waals surface area contributed by atoms with Crippen molar-refractivity contribution in [3.8, 4) is 5.75 Å². The van der Waals surface area contributed by atoms with Crippen LogP contribution in [0.3, 0.4) is 0 Å². The van der Waals surface area contributed by atoms with Crippen molar-refractivity contribution in [1.29, 1.82) is 0 Å². The summed E-state index contributed by atoms with van der Waals surface area (Å²) in [5.74, 6) is 0.778. The Bertz CT molecular complexity index is 737. The van der Waals surface area contributed by atoms with E-state index in [2.05, 4.69) is 9.97 Å². The molecule has 1 amide bonds. The zero-order valence-electron chi connectivity index (χ0n) is 12.3. The zero-order chi connectivity index (χ0) is 15.5. The predicted molar refractivity (Wildman–Crippen MR) is 80.7 cm³/mol. The molecule has 1 aliphatic heterocycles. The number of rotatable bonds is 3. The van der Waals surface area contributed by atoms with E-state index in [0.717, 1.165) is 17.0 Å². The number of H-pyrrole nitrogens is 1. The molecule has 2 aromatic rings. The van der Waals surface area contributed by atoms with E-state index in [9.17, 15) is 9.59 Å². The predicted octanol–water partition coefficient (Wildman–Crippen LogP) is 0.906. The lowest BCUT2D eigenvalue weighted by Gasteiger charge is -2.27. The van der Waals surface area contributed by atoms with Gasteiger partial charge in [0, 0.05) is 13.0 Å². The smallest absolute Gasteiger partial charge is 0.255 e. The Balaban J connectivity index is 1.71. The number of methoxy groups -OCH3 is 1. The average molecular weight is 299 g/mol. The molecule has 1 N–H and O–H groups in total. The monoisotopic (exact) mass is 299 g/mol. The van der Waals surface area contributed by atoms with Gasteiger partial charge in [-0.3, -0.25) is 9.59 Å². The van der Waals surface area contributed by atoms with Crippen LogP contribution in [0.25, 0.3) is 0 Å². The van der Waals surface area contributed by atoms with Crippen LogP contribution in [0.5, 0.6) is 5.75 Å². The van der Waals surface area contributed by atoms with Crippen molar-refractivity contribution in [2.45, 2.75) is 19.4 Å². The van der Waals surface area contributed by atoms with Gasteiger partial charge >= 0.3 is 0 Å². The summed E-state index contributed by atoms with van der Waals surface area (Å²) in [5.41, 5.74) is 2.15. The van der Waals surface area contributed by atoms with Gasteiger partial charge in [0.15, 0.2) is 0 Å². The summed E-state index contributed by atoms with van der Waals surface area (Å²) in [7, 11) is 1.61. The van der Waals surface area contributed by atoms with E-state index in [0.29, 0.717) is 31.5 Å². The second-order valence-electron chi connectivity index (χ2n) is 5.25. The van der Waals surface area contributed by atoms with Gasteiger partial charge in [0.2, 0.25) is 5.91 Å². The topological polar surface area (TPSA) is 75.3 Å².